The van der Waals surface area contributed by atoms with E-state index >= 15 is 0 Å². The molecule has 0 bridgehead atoms. The molecule has 0 aliphatic heterocycles. The molecule has 1 aliphatic rings. The van der Waals surface area contributed by atoms with Crippen LogP contribution in [0.25, 0.3) is 0 Å². The first-order chi connectivity index (χ1) is 8.56. The van der Waals surface area contributed by atoms with Crippen LogP contribution in [0.1, 0.15) is 24.8 Å². The van der Waals surface area contributed by atoms with Gasteiger partial charge in [-0.05, 0) is 30.2 Å². The Labute approximate surface area is 104 Å². The molecule has 2 rings (SSSR count). The zero-order chi connectivity index (χ0) is 13.1. The summed E-state index contributed by atoms with van der Waals surface area (Å²) in [7, 11) is 0. The number of halogens is 2. The van der Waals surface area contributed by atoms with Gasteiger partial charge in [-0.3, -0.25) is 4.79 Å². The number of hydrogen-bond donors (Lipinski definition) is 1. The van der Waals surface area contributed by atoms with Crippen LogP contribution in [-0.4, -0.2) is 5.91 Å². The highest BCUT2D eigenvalue weighted by atomic mass is 19.1. The molecule has 93 valence electrons. The number of allylic oxidation sites excluding steroid dienone is 4. The molecule has 2 nitrogen and oxygen atoms in total. The highest BCUT2D eigenvalue weighted by Gasteiger charge is 2.18. The Kier molecular flexibility index (Phi) is 3.55. The van der Waals surface area contributed by atoms with Gasteiger partial charge in [0.2, 0.25) is 5.91 Å². The zero-order valence-electron chi connectivity index (χ0n) is 9.84. The molecule has 0 saturated heterocycles. The Morgan fingerprint density at radius 3 is 2.89 bits per heavy atom. The predicted molar refractivity (Wildman–Crippen MR) is 63.4 cm³/mol. The van der Waals surface area contributed by atoms with E-state index in [2.05, 4.69) is 11.4 Å². The van der Waals surface area contributed by atoms with Crippen molar-refractivity contribution in [3.63, 3.8) is 0 Å². The molecule has 0 spiro atoms. The fraction of sp³-hybridized carbons (Fsp3) is 0.214. The van der Waals surface area contributed by atoms with Gasteiger partial charge in [0, 0.05) is 24.6 Å². The summed E-state index contributed by atoms with van der Waals surface area (Å²) in [5, 5.41) is 2.66. The number of nitrogens with one attached hydrogen (secondary N) is 1. The summed E-state index contributed by atoms with van der Waals surface area (Å²) in [6, 6.07) is 3.51. The first-order valence-electron chi connectivity index (χ1n) is 5.57. The second kappa shape index (κ2) is 5.12. The first kappa shape index (κ1) is 12.5. The third-order valence-electron chi connectivity index (χ3n) is 2.69. The second-order valence-corrected chi connectivity index (χ2v) is 4.16. The molecule has 1 radical (unpaired) electrons. The van der Waals surface area contributed by atoms with Gasteiger partial charge >= 0.3 is 0 Å². The molecule has 0 saturated carbocycles. The van der Waals surface area contributed by atoms with Gasteiger partial charge in [-0.15, -0.1) is 0 Å². The van der Waals surface area contributed by atoms with Gasteiger partial charge < -0.3 is 5.32 Å². The minimum absolute atomic E-state index is 0.178. The van der Waals surface area contributed by atoms with Crippen LogP contribution in [0, 0.1) is 17.7 Å². The smallest absolute Gasteiger partial charge is 0.220 e. The first-order valence-corrected chi connectivity index (χ1v) is 5.57. The lowest BCUT2D eigenvalue weighted by atomic mass is 9.90. The molecule has 1 amide bonds. The van der Waals surface area contributed by atoms with Gasteiger partial charge in [0.1, 0.15) is 11.6 Å². The Balaban J connectivity index is 2.19. The number of hydrogen-bond acceptors (Lipinski definition) is 1. The molecule has 0 fully saturated rings. The van der Waals surface area contributed by atoms with E-state index in [-0.39, 0.29) is 11.8 Å². The van der Waals surface area contributed by atoms with Crippen molar-refractivity contribution >= 4 is 5.91 Å². The predicted octanol–water partition coefficient (Wildman–Crippen LogP) is 2.83. The molecule has 4 heteroatoms. The Morgan fingerprint density at radius 1 is 1.44 bits per heavy atom. The fourth-order valence-electron chi connectivity index (χ4n) is 1.93. The van der Waals surface area contributed by atoms with E-state index in [0.29, 0.717) is 17.7 Å². The second-order valence-electron chi connectivity index (χ2n) is 4.16. The lowest BCUT2D eigenvalue weighted by Crippen LogP contribution is -2.21. The van der Waals surface area contributed by atoms with Crippen molar-refractivity contribution < 1.29 is 13.6 Å². The van der Waals surface area contributed by atoms with Crippen LogP contribution in [0.2, 0.25) is 0 Å². The lowest BCUT2D eigenvalue weighted by molar-refractivity contribution is -0.118. The van der Waals surface area contributed by atoms with Crippen LogP contribution in [0.15, 0.2) is 36.0 Å². The maximum atomic E-state index is 13.6. The average molecular weight is 248 g/mol. The van der Waals surface area contributed by atoms with Crippen LogP contribution in [0.3, 0.4) is 0 Å². The number of rotatable bonds is 2. The van der Waals surface area contributed by atoms with E-state index in [0.717, 1.165) is 6.07 Å². The molecule has 0 aromatic heterocycles. The van der Waals surface area contributed by atoms with Gasteiger partial charge in [-0.2, -0.15) is 0 Å². The van der Waals surface area contributed by atoms with Gasteiger partial charge in [0.15, 0.2) is 0 Å². The highest BCUT2D eigenvalue weighted by Crippen LogP contribution is 2.29. The largest absolute Gasteiger partial charge is 0.330 e. The van der Waals surface area contributed by atoms with Crippen molar-refractivity contribution in [1.29, 1.82) is 0 Å². The summed E-state index contributed by atoms with van der Waals surface area (Å²) in [4.78, 5) is 11.0. The van der Waals surface area contributed by atoms with E-state index in [1.165, 1.54) is 19.1 Å². The monoisotopic (exact) mass is 248 g/mol. The molecule has 1 aliphatic carbocycles. The molecular formula is C14H12F2NO. The molecule has 1 aromatic rings. The molecule has 18 heavy (non-hydrogen) atoms. The van der Waals surface area contributed by atoms with E-state index < -0.39 is 11.6 Å². The lowest BCUT2D eigenvalue weighted by Gasteiger charge is -2.19. The summed E-state index contributed by atoms with van der Waals surface area (Å²) in [6.45, 7) is 1.41. The minimum atomic E-state index is -0.599. The third kappa shape index (κ3) is 2.83. The van der Waals surface area contributed by atoms with Crippen molar-refractivity contribution in [2.45, 2.75) is 19.3 Å². The molecule has 1 atom stereocenters. The van der Waals surface area contributed by atoms with E-state index in [9.17, 15) is 13.6 Å². The Morgan fingerprint density at radius 2 is 2.22 bits per heavy atom. The Hall–Kier alpha value is -1.97. The standard InChI is InChI=1S/C14H12F2NO/c1-9(18)17-12-4-2-3-10(7-12)13-6-5-11(15)8-14(13)16/h3-6,8,10H,7H2,1H3,(H,17,18). The van der Waals surface area contributed by atoms with Crippen LogP contribution in [0.4, 0.5) is 8.78 Å². The fourth-order valence-corrected chi connectivity index (χ4v) is 1.93. The molecule has 1 unspecified atom stereocenters. The van der Waals surface area contributed by atoms with Crippen LogP contribution in [-0.2, 0) is 4.79 Å². The molecular weight excluding hydrogens is 236 g/mol. The van der Waals surface area contributed by atoms with Gasteiger partial charge in [0.25, 0.3) is 0 Å². The van der Waals surface area contributed by atoms with Gasteiger partial charge in [0.05, 0.1) is 0 Å². The average Bonchev–Trinajstić information content (AvgIpc) is 2.28. The number of carbonyl (C=O) groups excluding carboxylic acids is 1. The summed E-state index contributed by atoms with van der Waals surface area (Å²) in [5.41, 5.74) is 1.08. The molecule has 0 heterocycles. The number of carbonyl (C=O) groups is 1. The molecule has 1 N–H and O–H groups in total. The van der Waals surface area contributed by atoms with E-state index in [1.807, 2.05) is 0 Å². The van der Waals surface area contributed by atoms with Crippen molar-refractivity contribution in [3.8, 4) is 0 Å². The topological polar surface area (TPSA) is 29.1 Å². The number of amides is 1. The van der Waals surface area contributed by atoms with Crippen molar-refractivity contribution in [2.75, 3.05) is 0 Å². The van der Waals surface area contributed by atoms with Crippen molar-refractivity contribution in [1.82, 2.24) is 5.32 Å². The SMILES string of the molecule is CC(=O)NC1=C[C]=CC(c2ccc(F)cc2F)C1. The van der Waals surface area contributed by atoms with E-state index in [1.54, 1.807) is 12.2 Å². The minimum Gasteiger partial charge on any atom is -0.330 e. The number of benzene rings is 1. The maximum Gasteiger partial charge on any atom is 0.220 e. The third-order valence-corrected chi connectivity index (χ3v) is 2.69. The zero-order valence-corrected chi connectivity index (χ0v) is 9.84. The summed E-state index contributed by atoms with van der Waals surface area (Å²) >= 11 is 0. The van der Waals surface area contributed by atoms with Crippen LogP contribution in [0.5, 0.6) is 0 Å². The van der Waals surface area contributed by atoms with Crippen LogP contribution < -0.4 is 5.32 Å². The van der Waals surface area contributed by atoms with E-state index in [4.69, 9.17) is 0 Å². The summed E-state index contributed by atoms with van der Waals surface area (Å²) in [5.74, 6) is -1.60. The van der Waals surface area contributed by atoms with Crippen molar-refractivity contribution in [2.24, 2.45) is 0 Å². The van der Waals surface area contributed by atoms with Crippen LogP contribution >= 0.6 is 0 Å². The summed E-state index contributed by atoms with van der Waals surface area (Å²) < 4.78 is 26.5. The Bertz CT molecular complexity index is 535. The highest BCUT2D eigenvalue weighted by molar-refractivity contribution is 5.75. The van der Waals surface area contributed by atoms with Gasteiger partial charge in [-0.1, -0.05) is 12.1 Å². The maximum absolute atomic E-state index is 13.6. The molecule has 1 aromatic carbocycles. The quantitative estimate of drug-likeness (QED) is 0.856. The normalized spacial score (nSPS) is 18.4. The van der Waals surface area contributed by atoms with Gasteiger partial charge in [-0.25, -0.2) is 8.78 Å². The van der Waals surface area contributed by atoms with Crippen molar-refractivity contribution in [3.05, 3.63) is 59.3 Å². The summed E-state index contributed by atoms with van der Waals surface area (Å²) in [6.07, 6.45) is 6.70.